The Hall–Kier alpha value is -2.67. The van der Waals surface area contributed by atoms with Gasteiger partial charge in [-0.15, -0.1) is 0 Å². The van der Waals surface area contributed by atoms with E-state index in [9.17, 15) is 0 Å². The van der Waals surface area contributed by atoms with E-state index >= 15 is 0 Å². The first kappa shape index (κ1) is 30.3. The smallest absolute Gasteiger partial charge is 0.0708 e. The molecule has 216 valence electrons. The molecule has 0 aliphatic heterocycles. The van der Waals surface area contributed by atoms with Gasteiger partial charge in [0.1, 0.15) is 0 Å². The van der Waals surface area contributed by atoms with Gasteiger partial charge in [-0.1, -0.05) is 127 Å². The van der Waals surface area contributed by atoms with Crippen LogP contribution >= 0.6 is 0 Å². The van der Waals surface area contributed by atoms with E-state index in [1.165, 1.54) is 92.2 Å². The molecule has 0 N–H and O–H groups in total. The summed E-state index contributed by atoms with van der Waals surface area (Å²) in [4.78, 5) is 5.25. The van der Waals surface area contributed by atoms with Gasteiger partial charge in [-0.05, 0) is 97.4 Å². The van der Waals surface area contributed by atoms with Crippen LogP contribution in [-0.4, -0.2) is 4.98 Å². The molecule has 1 aromatic heterocycles. The number of pyridine rings is 1. The quantitative estimate of drug-likeness (QED) is 0.139. The van der Waals surface area contributed by atoms with Crippen LogP contribution in [0, 0.1) is 11.3 Å². The second-order valence-corrected chi connectivity index (χ2v) is 12.8. The standard InChI is InChI=1S/C39H53N.H2/c1-5-6-7-8-10-16-31(2)37-29-35(21-15-20-33-18-11-9-12-19-33)30-38(40-37)36-24-22-34(23-25-36)26-28-39(4)27-14-13-17-32(39)3;/h9,11-13,17-19,22-25,29-32H,5-8,10,14-16,20-21,26-28H2,1-4H3;1H. The first-order valence-corrected chi connectivity index (χ1v) is 16.3. The van der Waals surface area contributed by atoms with E-state index in [2.05, 4.69) is 107 Å². The molecule has 40 heavy (non-hydrogen) atoms. The van der Waals surface area contributed by atoms with Crippen molar-refractivity contribution in [2.75, 3.05) is 0 Å². The normalized spacial score (nSPS) is 19.6. The fourth-order valence-electron chi connectivity index (χ4n) is 6.30. The zero-order valence-corrected chi connectivity index (χ0v) is 25.8. The van der Waals surface area contributed by atoms with Crippen LogP contribution < -0.4 is 0 Å². The fraction of sp³-hybridized carbons (Fsp3) is 0.513. The molecule has 0 saturated heterocycles. The van der Waals surface area contributed by atoms with Gasteiger partial charge in [0, 0.05) is 12.7 Å². The third-order valence-corrected chi connectivity index (χ3v) is 9.56. The van der Waals surface area contributed by atoms with Crippen molar-refractivity contribution < 1.29 is 1.43 Å². The largest absolute Gasteiger partial charge is 0.253 e. The van der Waals surface area contributed by atoms with Gasteiger partial charge in [0.25, 0.3) is 0 Å². The third kappa shape index (κ3) is 8.92. The van der Waals surface area contributed by atoms with Gasteiger partial charge in [0.15, 0.2) is 0 Å². The molecular formula is C39H55N. The van der Waals surface area contributed by atoms with Gasteiger partial charge >= 0.3 is 0 Å². The van der Waals surface area contributed by atoms with E-state index in [1.807, 2.05) is 0 Å². The Morgan fingerprint density at radius 2 is 1.57 bits per heavy atom. The average Bonchev–Trinajstić information content (AvgIpc) is 2.98. The van der Waals surface area contributed by atoms with Crippen molar-refractivity contribution in [1.29, 1.82) is 0 Å². The summed E-state index contributed by atoms with van der Waals surface area (Å²) < 4.78 is 0. The van der Waals surface area contributed by atoms with Crippen molar-refractivity contribution in [2.45, 2.75) is 117 Å². The van der Waals surface area contributed by atoms with E-state index in [0.29, 0.717) is 17.3 Å². The molecule has 4 rings (SSSR count). The van der Waals surface area contributed by atoms with Gasteiger partial charge in [-0.3, -0.25) is 4.98 Å². The predicted molar refractivity (Wildman–Crippen MR) is 176 cm³/mol. The van der Waals surface area contributed by atoms with Gasteiger partial charge in [0.05, 0.1) is 5.69 Å². The van der Waals surface area contributed by atoms with Crippen LogP contribution in [0.15, 0.2) is 78.9 Å². The monoisotopic (exact) mass is 537 g/mol. The molecule has 0 saturated carbocycles. The highest BCUT2D eigenvalue weighted by Gasteiger charge is 2.30. The van der Waals surface area contributed by atoms with Crippen molar-refractivity contribution in [3.63, 3.8) is 0 Å². The number of aromatic nitrogens is 1. The first-order chi connectivity index (χ1) is 19.5. The van der Waals surface area contributed by atoms with Crippen LogP contribution in [0.4, 0.5) is 0 Å². The second-order valence-electron chi connectivity index (χ2n) is 12.8. The van der Waals surface area contributed by atoms with Crippen molar-refractivity contribution in [3.8, 4) is 11.3 Å². The van der Waals surface area contributed by atoms with Crippen LogP contribution in [0.3, 0.4) is 0 Å². The molecule has 0 spiro atoms. The highest BCUT2D eigenvalue weighted by molar-refractivity contribution is 5.60. The second kappa shape index (κ2) is 15.4. The third-order valence-electron chi connectivity index (χ3n) is 9.56. The lowest BCUT2D eigenvalue weighted by Gasteiger charge is -2.37. The maximum atomic E-state index is 5.25. The predicted octanol–water partition coefficient (Wildman–Crippen LogP) is 11.6. The van der Waals surface area contributed by atoms with Crippen LogP contribution in [0.25, 0.3) is 11.3 Å². The molecule has 1 aliphatic rings. The Morgan fingerprint density at radius 1 is 0.850 bits per heavy atom. The molecule has 2 aromatic carbocycles. The number of unbranched alkanes of at least 4 members (excludes halogenated alkanes) is 4. The summed E-state index contributed by atoms with van der Waals surface area (Å²) in [6.07, 6.45) is 21.0. The van der Waals surface area contributed by atoms with Crippen molar-refractivity contribution in [2.24, 2.45) is 11.3 Å². The summed E-state index contributed by atoms with van der Waals surface area (Å²) in [5, 5.41) is 0. The maximum absolute atomic E-state index is 5.25. The summed E-state index contributed by atoms with van der Waals surface area (Å²) in [5.74, 6) is 1.17. The lowest BCUT2D eigenvalue weighted by Crippen LogP contribution is -2.27. The van der Waals surface area contributed by atoms with Crippen LogP contribution in [0.1, 0.15) is 122 Å². The summed E-state index contributed by atoms with van der Waals surface area (Å²) in [6.45, 7) is 9.54. The number of benzene rings is 2. The minimum atomic E-state index is 0. The Kier molecular flexibility index (Phi) is 11.6. The Labute approximate surface area is 247 Å². The van der Waals surface area contributed by atoms with Crippen LogP contribution in [0.2, 0.25) is 0 Å². The van der Waals surface area contributed by atoms with Crippen molar-refractivity contribution >= 4 is 0 Å². The van der Waals surface area contributed by atoms with Gasteiger partial charge in [-0.2, -0.15) is 0 Å². The summed E-state index contributed by atoms with van der Waals surface area (Å²) >= 11 is 0. The van der Waals surface area contributed by atoms with Gasteiger partial charge in [0.2, 0.25) is 0 Å². The Morgan fingerprint density at radius 3 is 2.33 bits per heavy atom. The van der Waals surface area contributed by atoms with E-state index in [4.69, 9.17) is 4.98 Å². The van der Waals surface area contributed by atoms with E-state index < -0.39 is 0 Å². The molecule has 0 bridgehead atoms. The summed E-state index contributed by atoms with van der Waals surface area (Å²) in [7, 11) is 0. The first-order valence-electron chi connectivity index (χ1n) is 16.3. The number of aryl methyl sites for hydroxylation is 3. The minimum absolute atomic E-state index is 0. The number of allylic oxidation sites excluding steroid dienone is 2. The zero-order chi connectivity index (χ0) is 28.2. The topological polar surface area (TPSA) is 12.9 Å². The highest BCUT2D eigenvalue weighted by atomic mass is 14.7. The number of nitrogens with zero attached hydrogens (tertiary/aromatic N) is 1. The Bertz CT molecular complexity index is 1180. The maximum Gasteiger partial charge on any atom is 0.0708 e. The molecular weight excluding hydrogens is 482 g/mol. The van der Waals surface area contributed by atoms with E-state index in [-0.39, 0.29) is 1.43 Å². The van der Waals surface area contributed by atoms with Crippen LogP contribution in [-0.2, 0) is 19.3 Å². The molecule has 1 nitrogen and oxygen atoms in total. The average molecular weight is 538 g/mol. The van der Waals surface area contributed by atoms with Crippen LogP contribution in [0.5, 0.6) is 0 Å². The number of hydrogen-bond donors (Lipinski definition) is 0. The molecule has 1 heteroatoms. The number of hydrogen-bond acceptors (Lipinski definition) is 1. The van der Waals surface area contributed by atoms with E-state index in [1.54, 1.807) is 0 Å². The molecule has 0 radical (unpaired) electrons. The Balaban J connectivity index is 0.00000462. The summed E-state index contributed by atoms with van der Waals surface area (Å²) in [5.41, 5.74) is 8.42. The summed E-state index contributed by atoms with van der Waals surface area (Å²) in [6, 6.07) is 25.0. The minimum Gasteiger partial charge on any atom is -0.253 e. The lowest BCUT2D eigenvalue weighted by atomic mass is 9.68. The SMILES string of the molecule is CCCCCCCC(C)c1cc(CCCc2ccccc2)cc(-c2ccc(CCC3(C)CCC=CC3C)cc2)n1.[HH]. The van der Waals surface area contributed by atoms with Crippen molar-refractivity contribution in [3.05, 3.63) is 101 Å². The van der Waals surface area contributed by atoms with Gasteiger partial charge < -0.3 is 0 Å². The highest BCUT2D eigenvalue weighted by Crippen LogP contribution is 2.41. The molecule has 1 aliphatic carbocycles. The molecule has 0 amide bonds. The number of rotatable bonds is 15. The molecule has 3 unspecified atom stereocenters. The fourth-order valence-corrected chi connectivity index (χ4v) is 6.30. The molecule has 3 aromatic rings. The molecule has 1 heterocycles. The van der Waals surface area contributed by atoms with Gasteiger partial charge in [-0.25, -0.2) is 0 Å². The zero-order valence-electron chi connectivity index (χ0n) is 25.8. The lowest BCUT2D eigenvalue weighted by molar-refractivity contribution is 0.194. The van der Waals surface area contributed by atoms with E-state index in [0.717, 1.165) is 25.0 Å². The molecule has 3 atom stereocenters. The molecule has 0 fully saturated rings. The van der Waals surface area contributed by atoms with Crippen molar-refractivity contribution in [1.82, 2.24) is 4.98 Å².